The molecule has 0 radical (unpaired) electrons. The number of hydrogen-bond acceptors (Lipinski definition) is 7. The Morgan fingerprint density at radius 1 is 1.27 bits per heavy atom. The van der Waals surface area contributed by atoms with Crippen molar-refractivity contribution < 1.29 is 19.4 Å². The molecule has 9 nitrogen and oxygen atoms in total. The minimum atomic E-state index is -0.356. The number of nitrogens with zero attached hydrogens (tertiary/aromatic N) is 3. The van der Waals surface area contributed by atoms with Crippen molar-refractivity contribution in [3.8, 4) is 5.88 Å². The summed E-state index contributed by atoms with van der Waals surface area (Å²) in [6.07, 6.45) is 0. The van der Waals surface area contributed by atoms with E-state index in [1.807, 2.05) is 36.9 Å². The van der Waals surface area contributed by atoms with Crippen molar-refractivity contribution in [3.63, 3.8) is 0 Å². The zero-order valence-electron chi connectivity index (χ0n) is 17.1. The average Bonchev–Trinajstić information content (AvgIpc) is 3.06. The van der Waals surface area contributed by atoms with Crippen LogP contribution >= 0.6 is 0 Å². The summed E-state index contributed by atoms with van der Waals surface area (Å²) in [5.41, 5.74) is 4.15. The lowest BCUT2D eigenvalue weighted by Crippen LogP contribution is -2.37. The predicted octanol–water partition coefficient (Wildman–Crippen LogP) is 2.03. The Kier molecular flexibility index (Phi) is 5.82. The van der Waals surface area contributed by atoms with Crippen LogP contribution in [0.3, 0.4) is 0 Å². The Labute approximate surface area is 174 Å². The number of benzene rings is 1. The van der Waals surface area contributed by atoms with Gasteiger partial charge in [-0.15, -0.1) is 0 Å². The molecule has 4 rings (SSSR count). The summed E-state index contributed by atoms with van der Waals surface area (Å²) in [5.74, 6) is 0.301. The third-order valence-corrected chi connectivity index (χ3v) is 5.12. The maximum atomic E-state index is 12.9. The van der Waals surface area contributed by atoms with Crippen molar-refractivity contribution in [2.75, 3.05) is 49.7 Å². The van der Waals surface area contributed by atoms with Crippen LogP contribution in [0.5, 0.6) is 5.88 Å². The van der Waals surface area contributed by atoms with E-state index in [2.05, 4.69) is 20.3 Å². The summed E-state index contributed by atoms with van der Waals surface area (Å²) in [6, 6.07) is 7.22. The highest BCUT2D eigenvalue weighted by Crippen LogP contribution is 2.25. The smallest absolute Gasteiger partial charge is 0.274 e. The largest absolute Gasteiger partial charge is 0.475 e. The first-order chi connectivity index (χ1) is 14.5. The second-order valence-corrected chi connectivity index (χ2v) is 7.15. The molecule has 1 aliphatic heterocycles. The van der Waals surface area contributed by atoms with Crippen LogP contribution in [0, 0.1) is 13.8 Å². The van der Waals surface area contributed by atoms with Crippen molar-refractivity contribution >= 4 is 28.4 Å². The summed E-state index contributed by atoms with van der Waals surface area (Å²) in [5, 5.41) is 13.0. The second kappa shape index (κ2) is 8.68. The minimum Gasteiger partial charge on any atom is -0.475 e. The van der Waals surface area contributed by atoms with E-state index in [9.17, 15) is 4.79 Å². The van der Waals surface area contributed by atoms with Crippen molar-refractivity contribution in [1.82, 2.24) is 15.0 Å². The number of carbonyl (C=O) groups excluding carboxylic acids is 1. The molecule has 9 heteroatoms. The van der Waals surface area contributed by atoms with E-state index in [0.29, 0.717) is 37.9 Å². The number of amides is 1. The Morgan fingerprint density at radius 3 is 2.83 bits per heavy atom. The summed E-state index contributed by atoms with van der Waals surface area (Å²) in [4.78, 5) is 27.0. The molecule has 1 saturated heterocycles. The molecule has 1 fully saturated rings. The maximum Gasteiger partial charge on any atom is 0.274 e. The van der Waals surface area contributed by atoms with Gasteiger partial charge in [-0.3, -0.25) is 4.79 Å². The van der Waals surface area contributed by atoms with Gasteiger partial charge in [0.15, 0.2) is 0 Å². The molecule has 1 aromatic carbocycles. The molecular weight excluding hydrogens is 386 g/mol. The van der Waals surface area contributed by atoms with Gasteiger partial charge in [-0.2, -0.15) is 4.98 Å². The van der Waals surface area contributed by atoms with E-state index in [4.69, 9.17) is 14.6 Å². The van der Waals surface area contributed by atoms with Crippen molar-refractivity contribution in [2.24, 2.45) is 0 Å². The van der Waals surface area contributed by atoms with E-state index >= 15 is 0 Å². The number of hydrogen-bond donors (Lipinski definition) is 3. The number of carbonyl (C=O) groups is 1. The average molecular weight is 411 g/mol. The van der Waals surface area contributed by atoms with Gasteiger partial charge >= 0.3 is 0 Å². The highest BCUT2D eigenvalue weighted by molar-refractivity contribution is 6.04. The summed E-state index contributed by atoms with van der Waals surface area (Å²) in [7, 11) is 0. The molecule has 1 amide bonds. The molecule has 3 aromatic rings. The Bertz CT molecular complexity index is 1060. The van der Waals surface area contributed by atoms with Crippen LogP contribution in [0.4, 0.5) is 11.6 Å². The molecule has 0 spiro atoms. The van der Waals surface area contributed by atoms with Gasteiger partial charge in [0, 0.05) is 41.4 Å². The Hall–Kier alpha value is -3.17. The first-order valence-corrected chi connectivity index (χ1v) is 9.91. The van der Waals surface area contributed by atoms with Crippen LogP contribution in [0.15, 0.2) is 24.3 Å². The zero-order chi connectivity index (χ0) is 21.1. The van der Waals surface area contributed by atoms with Crippen LogP contribution in [0.2, 0.25) is 0 Å². The number of aromatic nitrogens is 3. The summed E-state index contributed by atoms with van der Waals surface area (Å²) >= 11 is 0. The number of fused-ring (bicyclic) bond motifs is 1. The van der Waals surface area contributed by atoms with Gasteiger partial charge in [-0.05, 0) is 37.6 Å². The number of aliphatic hydroxyl groups is 1. The predicted molar refractivity (Wildman–Crippen MR) is 113 cm³/mol. The van der Waals surface area contributed by atoms with Gasteiger partial charge in [0.1, 0.15) is 12.3 Å². The molecule has 0 unspecified atom stereocenters. The van der Waals surface area contributed by atoms with E-state index < -0.39 is 0 Å². The fraction of sp³-hybridized carbons (Fsp3) is 0.381. The molecule has 158 valence electrons. The molecular formula is C21H25N5O4. The van der Waals surface area contributed by atoms with Crippen LogP contribution < -0.4 is 15.0 Å². The van der Waals surface area contributed by atoms with E-state index in [-0.39, 0.29) is 30.7 Å². The number of aryl methyl sites for hydroxylation is 2. The second-order valence-electron chi connectivity index (χ2n) is 7.15. The summed E-state index contributed by atoms with van der Waals surface area (Å²) < 4.78 is 10.8. The Morgan fingerprint density at radius 2 is 2.07 bits per heavy atom. The number of anilines is 2. The first-order valence-electron chi connectivity index (χ1n) is 9.91. The lowest BCUT2D eigenvalue weighted by molar-refractivity contribution is 0.102. The van der Waals surface area contributed by atoms with E-state index in [0.717, 1.165) is 22.2 Å². The van der Waals surface area contributed by atoms with Gasteiger partial charge in [0.25, 0.3) is 5.91 Å². The normalized spacial score (nSPS) is 14.2. The minimum absolute atomic E-state index is 0.0867. The van der Waals surface area contributed by atoms with E-state index in [1.54, 1.807) is 0 Å². The molecule has 3 N–H and O–H groups in total. The van der Waals surface area contributed by atoms with Crippen LogP contribution in [0.1, 0.15) is 21.7 Å². The number of nitrogens with one attached hydrogen (secondary N) is 2. The molecule has 0 saturated carbocycles. The summed E-state index contributed by atoms with van der Waals surface area (Å²) in [6.45, 7) is 6.42. The highest BCUT2D eigenvalue weighted by Gasteiger charge is 2.19. The number of rotatable bonds is 6. The van der Waals surface area contributed by atoms with Crippen molar-refractivity contribution in [2.45, 2.75) is 13.8 Å². The Balaban J connectivity index is 1.61. The van der Waals surface area contributed by atoms with Crippen LogP contribution in [-0.2, 0) is 4.74 Å². The maximum absolute atomic E-state index is 12.9. The standard InChI is InChI=1S/C21H25N5O4/c1-13-14(2)22-17-4-3-15(11-16(13)17)23-20(28)18-12-19(30-10-7-27)25-21(24-18)26-5-8-29-9-6-26/h3-4,11-12,22,27H,5-10H2,1-2H3,(H,23,28). The quantitative estimate of drug-likeness (QED) is 0.569. The first kappa shape index (κ1) is 20.1. The van der Waals surface area contributed by atoms with Gasteiger partial charge in [-0.1, -0.05) is 0 Å². The molecule has 30 heavy (non-hydrogen) atoms. The lowest BCUT2D eigenvalue weighted by atomic mass is 10.1. The van der Waals surface area contributed by atoms with Gasteiger partial charge in [-0.25, -0.2) is 4.98 Å². The monoisotopic (exact) mass is 411 g/mol. The number of H-pyrrole nitrogens is 1. The van der Waals surface area contributed by atoms with Gasteiger partial charge in [0.05, 0.1) is 19.8 Å². The van der Waals surface area contributed by atoms with E-state index in [1.165, 1.54) is 6.07 Å². The highest BCUT2D eigenvalue weighted by atomic mass is 16.5. The fourth-order valence-electron chi connectivity index (χ4n) is 3.39. The van der Waals surface area contributed by atoms with Crippen LogP contribution in [0.25, 0.3) is 10.9 Å². The molecule has 0 atom stereocenters. The molecule has 1 aliphatic rings. The number of morpholine rings is 1. The van der Waals surface area contributed by atoms with Gasteiger partial charge < -0.3 is 29.8 Å². The van der Waals surface area contributed by atoms with Gasteiger partial charge in [0.2, 0.25) is 11.8 Å². The molecule has 3 heterocycles. The number of aromatic amines is 1. The molecule has 0 aliphatic carbocycles. The molecule has 2 aromatic heterocycles. The van der Waals surface area contributed by atoms with Crippen molar-refractivity contribution in [3.05, 3.63) is 41.2 Å². The number of ether oxygens (including phenoxy) is 2. The lowest BCUT2D eigenvalue weighted by Gasteiger charge is -2.27. The fourth-order valence-corrected chi connectivity index (χ4v) is 3.39. The van der Waals surface area contributed by atoms with Crippen molar-refractivity contribution in [1.29, 1.82) is 0 Å². The van der Waals surface area contributed by atoms with Crippen LogP contribution in [-0.4, -0.2) is 65.5 Å². The topological polar surface area (TPSA) is 113 Å². The third kappa shape index (κ3) is 4.22. The zero-order valence-corrected chi connectivity index (χ0v) is 17.1. The third-order valence-electron chi connectivity index (χ3n) is 5.12. The molecule has 0 bridgehead atoms. The number of aliphatic hydroxyl groups excluding tert-OH is 1. The SMILES string of the molecule is Cc1[nH]c2ccc(NC(=O)c3cc(OCCO)nc(N4CCOCC4)n3)cc2c1C.